The Morgan fingerprint density at radius 2 is 1.82 bits per heavy atom. The van der Waals surface area contributed by atoms with Crippen LogP contribution in [0.3, 0.4) is 0 Å². The Morgan fingerprint density at radius 3 is 2.46 bits per heavy atom. The fourth-order valence-electron chi connectivity index (χ4n) is 3.64. The van der Waals surface area contributed by atoms with Crippen molar-refractivity contribution in [2.45, 2.75) is 71.8 Å². The lowest BCUT2D eigenvalue weighted by molar-refractivity contribution is -0.122. The Balaban J connectivity index is 0.00000392. The number of halogens is 1. The smallest absolute Gasteiger partial charge is 0.220 e. The predicted octanol–water partition coefficient (Wildman–Crippen LogP) is 3.17. The number of nitrogens with one attached hydrogen (secondary N) is 3. The molecule has 28 heavy (non-hydrogen) atoms. The number of amides is 1. The number of aliphatic imine (C=N–C) groups is 1. The van der Waals surface area contributed by atoms with Crippen LogP contribution in [0.25, 0.3) is 0 Å². The number of rotatable bonds is 9. The van der Waals surface area contributed by atoms with Crippen molar-refractivity contribution in [3.63, 3.8) is 0 Å². The average Bonchev–Trinajstić information content (AvgIpc) is 3.10. The SMILES string of the molecule is CCc1noc(CC)c1CNC(=NC)NCCNC(=O)CC1CCCCC1.I. The first-order chi connectivity index (χ1) is 13.2. The van der Waals surface area contributed by atoms with E-state index in [4.69, 9.17) is 4.52 Å². The van der Waals surface area contributed by atoms with E-state index in [1.807, 2.05) is 0 Å². The van der Waals surface area contributed by atoms with Gasteiger partial charge in [0.05, 0.1) is 5.69 Å². The number of aryl methyl sites for hydroxylation is 2. The third kappa shape index (κ3) is 7.97. The minimum atomic E-state index is 0. The number of nitrogens with zero attached hydrogens (tertiary/aromatic N) is 2. The molecule has 3 N–H and O–H groups in total. The molecule has 0 atom stereocenters. The van der Waals surface area contributed by atoms with E-state index in [2.05, 4.69) is 39.9 Å². The van der Waals surface area contributed by atoms with Crippen molar-refractivity contribution in [3.05, 3.63) is 17.0 Å². The van der Waals surface area contributed by atoms with E-state index >= 15 is 0 Å². The maximum atomic E-state index is 12.0. The molecule has 1 aromatic heterocycles. The zero-order valence-electron chi connectivity index (χ0n) is 17.5. The molecule has 0 saturated heterocycles. The monoisotopic (exact) mass is 505 g/mol. The van der Waals surface area contributed by atoms with Crippen molar-refractivity contribution in [2.75, 3.05) is 20.1 Å². The van der Waals surface area contributed by atoms with Gasteiger partial charge in [-0.3, -0.25) is 9.79 Å². The number of carbonyl (C=O) groups is 1. The van der Waals surface area contributed by atoms with Gasteiger partial charge in [-0.15, -0.1) is 24.0 Å². The Morgan fingerprint density at radius 1 is 1.11 bits per heavy atom. The van der Waals surface area contributed by atoms with E-state index in [9.17, 15) is 4.79 Å². The molecule has 1 aliphatic rings. The van der Waals surface area contributed by atoms with E-state index in [0.717, 1.165) is 29.9 Å². The third-order valence-corrected chi connectivity index (χ3v) is 5.20. The van der Waals surface area contributed by atoms with Crippen LogP contribution >= 0.6 is 24.0 Å². The minimum Gasteiger partial charge on any atom is -0.361 e. The van der Waals surface area contributed by atoms with Gasteiger partial charge in [-0.05, 0) is 25.2 Å². The maximum Gasteiger partial charge on any atom is 0.220 e. The first-order valence-corrected chi connectivity index (χ1v) is 10.3. The van der Waals surface area contributed by atoms with E-state index < -0.39 is 0 Å². The summed E-state index contributed by atoms with van der Waals surface area (Å²) in [5, 5.41) is 13.7. The van der Waals surface area contributed by atoms with Crippen LogP contribution < -0.4 is 16.0 Å². The lowest BCUT2D eigenvalue weighted by Gasteiger charge is -2.20. The number of aromatic nitrogens is 1. The molecule has 0 aliphatic heterocycles. The molecule has 2 rings (SSSR count). The van der Waals surface area contributed by atoms with Gasteiger partial charge in [-0.1, -0.05) is 38.3 Å². The van der Waals surface area contributed by atoms with Crippen LogP contribution in [-0.2, 0) is 24.2 Å². The molecule has 0 spiro atoms. The molecule has 1 amide bonds. The molecule has 0 bridgehead atoms. The zero-order chi connectivity index (χ0) is 19.5. The van der Waals surface area contributed by atoms with E-state index in [1.165, 1.54) is 32.1 Å². The third-order valence-electron chi connectivity index (χ3n) is 5.20. The molecule has 0 aromatic carbocycles. The van der Waals surface area contributed by atoms with E-state index in [0.29, 0.717) is 37.9 Å². The molecule has 0 unspecified atom stereocenters. The summed E-state index contributed by atoms with van der Waals surface area (Å²) in [4.78, 5) is 16.3. The molecular formula is C20H36IN5O2. The summed E-state index contributed by atoms with van der Waals surface area (Å²) in [7, 11) is 1.74. The number of hydrogen-bond donors (Lipinski definition) is 3. The number of hydrogen-bond acceptors (Lipinski definition) is 4. The molecule has 7 nitrogen and oxygen atoms in total. The standard InChI is InChI=1S/C20H35N5O2.HI/c1-4-17-16(18(5-2)27-25-17)14-24-20(21-3)23-12-11-22-19(26)13-15-9-7-6-8-10-15;/h15H,4-14H2,1-3H3,(H,22,26)(H2,21,23,24);1H. The van der Waals surface area contributed by atoms with Crippen molar-refractivity contribution in [3.8, 4) is 0 Å². The van der Waals surface area contributed by atoms with Gasteiger partial charge < -0.3 is 20.5 Å². The quantitative estimate of drug-likeness (QED) is 0.208. The van der Waals surface area contributed by atoms with Crippen LogP contribution in [0.15, 0.2) is 9.52 Å². The van der Waals surface area contributed by atoms with Crippen molar-refractivity contribution >= 4 is 35.8 Å². The summed E-state index contributed by atoms with van der Waals surface area (Å²) in [6.07, 6.45) is 8.60. The Kier molecular flexibility index (Phi) is 12.2. The number of carbonyl (C=O) groups excluding carboxylic acids is 1. The zero-order valence-corrected chi connectivity index (χ0v) is 19.8. The molecule has 160 valence electrons. The van der Waals surface area contributed by atoms with E-state index in [1.54, 1.807) is 7.05 Å². The first kappa shape index (κ1) is 24.7. The molecule has 1 fully saturated rings. The van der Waals surface area contributed by atoms with Crippen LogP contribution in [0.1, 0.15) is 69.4 Å². The largest absolute Gasteiger partial charge is 0.361 e. The minimum absolute atomic E-state index is 0. The van der Waals surface area contributed by atoms with Crippen molar-refractivity contribution < 1.29 is 9.32 Å². The second kappa shape index (κ2) is 13.8. The Hall–Kier alpha value is -1.32. The maximum absolute atomic E-state index is 12.0. The highest BCUT2D eigenvalue weighted by Gasteiger charge is 2.17. The lowest BCUT2D eigenvalue weighted by atomic mass is 9.87. The highest BCUT2D eigenvalue weighted by atomic mass is 127. The molecular weight excluding hydrogens is 469 g/mol. The second-order valence-corrected chi connectivity index (χ2v) is 7.15. The molecule has 8 heteroatoms. The van der Waals surface area contributed by atoms with Gasteiger partial charge in [-0.2, -0.15) is 0 Å². The van der Waals surface area contributed by atoms with Crippen LogP contribution in [-0.4, -0.2) is 37.2 Å². The molecule has 1 heterocycles. The average molecular weight is 505 g/mol. The van der Waals surface area contributed by atoms with Crippen LogP contribution in [0, 0.1) is 5.92 Å². The summed E-state index contributed by atoms with van der Waals surface area (Å²) in [5.74, 6) is 2.37. The summed E-state index contributed by atoms with van der Waals surface area (Å²) in [6.45, 7) is 6.00. The normalized spacial score (nSPS) is 15.0. The Labute approximate surface area is 185 Å². The second-order valence-electron chi connectivity index (χ2n) is 7.15. The highest BCUT2D eigenvalue weighted by Crippen LogP contribution is 2.25. The van der Waals surface area contributed by atoms with Gasteiger partial charge in [0.25, 0.3) is 0 Å². The van der Waals surface area contributed by atoms with Crippen molar-refractivity contribution in [2.24, 2.45) is 10.9 Å². The summed E-state index contributed by atoms with van der Waals surface area (Å²) >= 11 is 0. The highest BCUT2D eigenvalue weighted by molar-refractivity contribution is 14.0. The van der Waals surface area contributed by atoms with Gasteiger partial charge >= 0.3 is 0 Å². The summed E-state index contributed by atoms with van der Waals surface area (Å²) in [5.41, 5.74) is 2.11. The van der Waals surface area contributed by atoms with Crippen molar-refractivity contribution in [1.29, 1.82) is 0 Å². The fraction of sp³-hybridized carbons (Fsp3) is 0.750. The van der Waals surface area contributed by atoms with Crippen LogP contribution in [0.4, 0.5) is 0 Å². The topological polar surface area (TPSA) is 91.6 Å². The van der Waals surface area contributed by atoms with Gasteiger partial charge in [0, 0.05) is 45.1 Å². The van der Waals surface area contributed by atoms with Gasteiger partial charge in [-0.25, -0.2) is 0 Å². The molecule has 0 radical (unpaired) electrons. The lowest BCUT2D eigenvalue weighted by Crippen LogP contribution is -2.41. The first-order valence-electron chi connectivity index (χ1n) is 10.3. The van der Waals surface area contributed by atoms with Gasteiger partial charge in [0.2, 0.25) is 5.91 Å². The molecule has 1 aromatic rings. The molecule has 1 saturated carbocycles. The van der Waals surface area contributed by atoms with Crippen molar-refractivity contribution in [1.82, 2.24) is 21.1 Å². The Bertz CT molecular complexity index is 590. The predicted molar refractivity (Wildman–Crippen MR) is 123 cm³/mol. The molecule has 1 aliphatic carbocycles. The van der Waals surface area contributed by atoms with E-state index in [-0.39, 0.29) is 29.9 Å². The number of guanidine groups is 1. The fourth-order valence-corrected chi connectivity index (χ4v) is 3.64. The van der Waals surface area contributed by atoms with Crippen LogP contribution in [0.2, 0.25) is 0 Å². The summed E-state index contributed by atoms with van der Waals surface area (Å²) < 4.78 is 5.39. The van der Waals surface area contributed by atoms with Gasteiger partial charge in [0.15, 0.2) is 5.96 Å². The summed E-state index contributed by atoms with van der Waals surface area (Å²) in [6, 6.07) is 0. The van der Waals surface area contributed by atoms with Crippen LogP contribution in [0.5, 0.6) is 0 Å². The van der Waals surface area contributed by atoms with Gasteiger partial charge in [0.1, 0.15) is 5.76 Å².